The summed E-state index contributed by atoms with van der Waals surface area (Å²) in [5, 5.41) is 3.04. The van der Waals surface area contributed by atoms with Crippen LogP contribution in [0.15, 0.2) is 48.6 Å². The first-order chi connectivity index (χ1) is 34.4. The van der Waals surface area contributed by atoms with E-state index in [2.05, 4.69) is 56.5 Å². The van der Waals surface area contributed by atoms with Crippen LogP contribution in [0.5, 0.6) is 0 Å². The van der Waals surface area contributed by atoms with E-state index in [1.807, 2.05) is 39.4 Å². The Labute approximate surface area is 439 Å². The van der Waals surface area contributed by atoms with Crippen molar-refractivity contribution < 1.29 is 37.3 Å². The van der Waals surface area contributed by atoms with Gasteiger partial charge in [0.25, 0.3) is 0 Å². The van der Waals surface area contributed by atoms with Gasteiger partial charge in [-0.2, -0.15) is 0 Å². The zero-order valence-electron chi connectivity index (χ0n) is 47.5. The molecule has 0 aromatic carbocycles. The highest BCUT2D eigenvalue weighted by molar-refractivity contribution is 7.47. The van der Waals surface area contributed by atoms with Crippen LogP contribution in [-0.4, -0.2) is 74.3 Å². The summed E-state index contributed by atoms with van der Waals surface area (Å²) in [6, 6.07) is -0.869. The molecule has 0 rings (SSSR count). The third-order valence-electron chi connectivity index (χ3n) is 13.3. The van der Waals surface area contributed by atoms with Crippen molar-refractivity contribution in [2.75, 3.05) is 40.9 Å². The Kier molecular flexibility index (Phi) is 50.0. The Morgan fingerprint density at radius 3 is 1.31 bits per heavy atom. The van der Waals surface area contributed by atoms with Gasteiger partial charge in [0.05, 0.1) is 33.8 Å². The number of nitrogens with one attached hydrogen (secondary N) is 1. The number of quaternary nitrogens is 1. The molecular weight excluding hydrogens is 904 g/mol. The molecule has 0 radical (unpaired) electrons. The standard InChI is InChI=1S/C61H115N2O7P/c1-7-10-13-16-19-22-25-27-28-29-30-31-32-33-34-36-38-41-44-47-50-53-60(64)62-58(57-69-71(66,67)68-56-55-63(4,5)6)59(52-49-46-43-40-37-24-21-18-15-12-9-3)70-61(65)54-51-48-45-42-39-35-26-23-20-17-14-11-8-2/h27-28,35,39,45,48-49,52,58-59H,7-26,29-34,36-38,40-44,46-47,50-51,53-57H2,1-6H3,(H-,62,64,66,67)/p+1/b28-27+,39-35-,48-45+,52-49-. The fourth-order valence-corrected chi connectivity index (χ4v) is 9.31. The normalized spacial score (nSPS) is 14.1. The number of carbonyl (C=O) groups is 2. The lowest BCUT2D eigenvalue weighted by atomic mass is 10.0. The van der Waals surface area contributed by atoms with Gasteiger partial charge in [-0.05, 0) is 76.7 Å². The highest BCUT2D eigenvalue weighted by Crippen LogP contribution is 2.43. The van der Waals surface area contributed by atoms with E-state index in [1.54, 1.807) is 0 Å². The first kappa shape index (κ1) is 69.0. The fraction of sp³-hybridized carbons (Fsp3) is 0.836. The molecule has 416 valence electrons. The number of amides is 1. The summed E-state index contributed by atoms with van der Waals surface area (Å²) in [7, 11) is 1.47. The Morgan fingerprint density at radius 2 is 0.873 bits per heavy atom. The predicted octanol–water partition coefficient (Wildman–Crippen LogP) is 18.1. The number of ether oxygens (including phenoxy) is 1. The van der Waals surface area contributed by atoms with Gasteiger partial charge in [-0.1, -0.05) is 237 Å². The quantitative estimate of drug-likeness (QED) is 0.0205. The number of hydrogen-bond acceptors (Lipinski definition) is 6. The average Bonchev–Trinajstić information content (AvgIpc) is 3.33. The first-order valence-corrected chi connectivity index (χ1v) is 31.5. The van der Waals surface area contributed by atoms with E-state index < -0.39 is 25.9 Å². The highest BCUT2D eigenvalue weighted by Gasteiger charge is 2.30. The lowest BCUT2D eigenvalue weighted by molar-refractivity contribution is -0.870. The average molecular weight is 1020 g/mol. The zero-order valence-corrected chi connectivity index (χ0v) is 48.4. The molecule has 0 aliphatic heterocycles. The topological polar surface area (TPSA) is 111 Å². The van der Waals surface area contributed by atoms with Crippen LogP contribution in [0.3, 0.4) is 0 Å². The van der Waals surface area contributed by atoms with Gasteiger partial charge in [0, 0.05) is 12.8 Å². The number of nitrogens with zero attached hydrogens (tertiary/aromatic N) is 1. The smallest absolute Gasteiger partial charge is 0.456 e. The Bertz CT molecular complexity index is 1360. The minimum Gasteiger partial charge on any atom is -0.456 e. The molecule has 10 heteroatoms. The largest absolute Gasteiger partial charge is 0.472 e. The van der Waals surface area contributed by atoms with Crippen molar-refractivity contribution >= 4 is 19.7 Å². The molecule has 0 aromatic rings. The molecule has 0 bridgehead atoms. The van der Waals surface area contributed by atoms with Crippen molar-refractivity contribution in [1.82, 2.24) is 5.32 Å². The lowest BCUT2D eigenvalue weighted by Gasteiger charge is -2.27. The minimum absolute atomic E-state index is 0.0330. The number of unbranched alkanes of at least 4 members (excludes halogenated alkanes) is 32. The number of phosphoric ester groups is 1. The van der Waals surface area contributed by atoms with Crippen LogP contribution in [0.2, 0.25) is 0 Å². The van der Waals surface area contributed by atoms with Gasteiger partial charge in [-0.3, -0.25) is 18.6 Å². The van der Waals surface area contributed by atoms with E-state index >= 15 is 0 Å². The number of hydrogen-bond donors (Lipinski definition) is 2. The molecule has 0 spiro atoms. The number of likely N-dealkylation sites (N-methyl/N-ethyl adjacent to an activating group) is 1. The summed E-state index contributed by atoms with van der Waals surface area (Å²) in [5.41, 5.74) is 0. The highest BCUT2D eigenvalue weighted by atomic mass is 31.2. The third kappa shape index (κ3) is 52.6. The van der Waals surface area contributed by atoms with Gasteiger partial charge in [0.15, 0.2) is 0 Å². The van der Waals surface area contributed by atoms with E-state index in [1.165, 1.54) is 186 Å². The molecule has 3 unspecified atom stereocenters. The van der Waals surface area contributed by atoms with Crippen molar-refractivity contribution in [3.63, 3.8) is 0 Å². The van der Waals surface area contributed by atoms with Crippen LogP contribution in [0.1, 0.15) is 278 Å². The van der Waals surface area contributed by atoms with Crippen molar-refractivity contribution in [2.24, 2.45) is 0 Å². The van der Waals surface area contributed by atoms with E-state index in [0.29, 0.717) is 23.9 Å². The van der Waals surface area contributed by atoms with Gasteiger partial charge < -0.3 is 19.4 Å². The second-order valence-electron chi connectivity index (χ2n) is 21.5. The molecule has 0 saturated carbocycles. The molecule has 0 fully saturated rings. The predicted molar refractivity (Wildman–Crippen MR) is 305 cm³/mol. The summed E-state index contributed by atoms with van der Waals surface area (Å²) in [6.45, 7) is 6.97. The maximum atomic E-state index is 13.5. The van der Waals surface area contributed by atoms with Crippen molar-refractivity contribution in [1.29, 1.82) is 0 Å². The van der Waals surface area contributed by atoms with Gasteiger partial charge in [0.1, 0.15) is 19.3 Å². The lowest BCUT2D eigenvalue weighted by Crippen LogP contribution is -2.47. The Balaban J connectivity index is 5.24. The summed E-state index contributed by atoms with van der Waals surface area (Å²) in [6.07, 6.45) is 62.7. The van der Waals surface area contributed by atoms with Gasteiger partial charge in [-0.25, -0.2) is 4.57 Å². The van der Waals surface area contributed by atoms with Crippen molar-refractivity contribution in [2.45, 2.75) is 290 Å². The van der Waals surface area contributed by atoms with Crippen LogP contribution in [0.4, 0.5) is 0 Å². The third-order valence-corrected chi connectivity index (χ3v) is 14.2. The maximum Gasteiger partial charge on any atom is 0.472 e. The Morgan fingerprint density at radius 1 is 0.493 bits per heavy atom. The Hall–Kier alpha value is -2.03. The first-order valence-electron chi connectivity index (χ1n) is 30.0. The van der Waals surface area contributed by atoms with Gasteiger partial charge in [-0.15, -0.1) is 0 Å². The molecule has 2 N–H and O–H groups in total. The SMILES string of the molecule is CCCCCCCC/C=C\C/C=C/CCC(=O)OC(/C=C\CCCCCCCCCCC)C(COP(=O)(O)OCC[N+](C)(C)C)NC(=O)CCCCCCCCCCCCC/C=C/CCCCCCCC. The summed E-state index contributed by atoms with van der Waals surface area (Å²) < 4.78 is 30.5. The van der Waals surface area contributed by atoms with Crippen molar-refractivity contribution in [3.8, 4) is 0 Å². The fourth-order valence-electron chi connectivity index (χ4n) is 8.58. The summed E-state index contributed by atoms with van der Waals surface area (Å²) in [4.78, 5) is 37.5. The number of esters is 1. The van der Waals surface area contributed by atoms with Crippen LogP contribution >= 0.6 is 7.82 Å². The molecule has 0 heterocycles. The molecule has 0 aliphatic carbocycles. The van der Waals surface area contributed by atoms with Crippen LogP contribution in [0, 0.1) is 0 Å². The number of allylic oxidation sites excluding steroid dienone is 7. The zero-order chi connectivity index (χ0) is 52.2. The van der Waals surface area contributed by atoms with Gasteiger partial charge >= 0.3 is 13.8 Å². The molecule has 0 aromatic heterocycles. The number of carbonyl (C=O) groups excluding carboxylic acids is 2. The van der Waals surface area contributed by atoms with E-state index in [0.717, 1.165) is 51.4 Å². The molecule has 0 aliphatic rings. The van der Waals surface area contributed by atoms with Crippen molar-refractivity contribution in [3.05, 3.63) is 48.6 Å². The second kappa shape index (κ2) is 51.5. The molecular formula is C61H116N2O7P+. The van der Waals surface area contributed by atoms with E-state index in [4.69, 9.17) is 13.8 Å². The molecule has 1 amide bonds. The summed E-state index contributed by atoms with van der Waals surface area (Å²) in [5.74, 6) is -0.579. The molecule has 9 nitrogen and oxygen atoms in total. The maximum absolute atomic E-state index is 13.5. The molecule has 3 atom stereocenters. The van der Waals surface area contributed by atoms with Gasteiger partial charge in [0.2, 0.25) is 5.91 Å². The monoisotopic (exact) mass is 1020 g/mol. The minimum atomic E-state index is -4.45. The molecule has 71 heavy (non-hydrogen) atoms. The van der Waals surface area contributed by atoms with Crippen LogP contribution < -0.4 is 5.32 Å². The second-order valence-corrected chi connectivity index (χ2v) is 23.0. The van der Waals surface area contributed by atoms with E-state index in [9.17, 15) is 19.0 Å². The van der Waals surface area contributed by atoms with Crippen LogP contribution in [-0.2, 0) is 27.9 Å². The molecule has 0 saturated heterocycles. The van der Waals surface area contributed by atoms with E-state index in [-0.39, 0.29) is 25.5 Å². The van der Waals surface area contributed by atoms with Crippen LogP contribution in [0.25, 0.3) is 0 Å². The summed E-state index contributed by atoms with van der Waals surface area (Å²) >= 11 is 0. The number of rotatable bonds is 54. The number of phosphoric acid groups is 1.